The molecule has 1 aromatic carbocycles. The van der Waals surface area contributed by atoms with Crippen molar-refractivity contribution in [2.24, 2.45) is 5.92 Å². The molecule has 0 bridgehead atoms. The van der Waals surface area contributed by atoms with Crippen molar-refractivity contribution in [1.82, 2.24) is 9.55 Å². The third-order valence-corrected chi connectivity index (χ3v) is 4.30. The molecule has 1 fully saturated rings. The van der Waals surface area contributed by atoms with Gasteiger partial charge in [-0.15, -0.1) is 0 Å². The first-order valence-electron chi connectivity index (χ1n) is 6.47. The zero-order valence-electron chi connectivity index (χ0n) is 10.8. The first-order chi connectivity index (χ1) is 8.60. The van der Waals surface area contributed by atoms with Gasteiger partial charge in [0.15, 0.2) is 4.77 Å². The fourth-order valence-electron chi connectivity index (χ4n) is 2.73. The van der Waals surface area contributed by atoms with Gasteiger partial charge in [-0.05, 0) is 50.4 Å². The Balaban J connectivity index is 2.15. The number of aromatic amines is 1. The summed E-state index contributed by atoms with van der Waals surface area (Å²) in [6.45, 7) is 4.58. The van der Waals surface area contributed by atoms with Crippen molar-refractivity contribution in [2.75, 3.05) is 0 Å². The first kappa shape index (κ1) is 11.7. The van der Waals surface area contributed by atoms with E-state index in [0.29, 0.717) is 0 Å². The Labute approximate surface area is 113 Å². The molecule has 3 heteroatoms. The first-order valence-corrected chi connectivity index (χ1v) is 6.88. The molecule has 0 aliphatic heterocycles. The quantitative estimate of drug-likeness (QED) is 0.811. The highest BCUT2D eigenvalue weighted by Crippen LogP contribution is 2.45. The highest BCUT2D eigenvalue weighted by Gasteiger charge is 2.40. The van der Waals surface area contributed by atoms with Crippen LogP contribution in [-0.2, 0) is 5.54 Å². The summed E-state index contributed by atoms with van der Waals surface area (Å²) in [4.78, 5) is 3.20. The lowest BCUT2D eigenvalue weighted by atomic mass is 9.97. The van der Waals surface area contributed by atoms with E-state index in [1.807, 2.05) is 12.3 Å². The van der Waals surface area contributed by atoms with Crippen molar-refractivity contribution in [3.63, 3.8) is 0 Å². The van der Waals surface area contributed by atoms with Crippen molar-refractivity contribution < 1.29 is 0 Å². The van der Waals surface area contributed by atoms with Gasteiger partial charge in [-0.1, -0.05) is 30.3 Å². The van der Waals surface area contributed by atoms with Gasteiger partial charge in [-0.3, -0.25) is 0 Å². The molecular formula is C15H18N2S. The SMILES string of the molecule is CC(C)(C1CC1)n1c(-c2ccccc2)c[nH]c1=S. The lowest BCUT2D eigenvalue weighted by Gasteiger charge is -2.29. The molecule has 1 aliphatic carbocycles. The molecule has 1 N–H and O–H groups in total. The minimum Gasteiger partial charge on any atom is -0.337 e. The molecule has 0 amide bonds. The van der Waals surface area contributed by atoms with Gasteiger partial charge in [0.1, 0.15) is 0 Å². The second-order valence-electron chi connectivity index (χ2n) is 5.61. The van der Waals surface area contributed by atoms with E-state index in [1.54, 1.807) is 0 Å². The van der Waals surface area contributed by atoms with Crippen LogP contribution in [0, 0.1) is 10.7 Å². The Kier molecular flexibility index (Phi) is 2.67. The summed E-state index contributed by atoms with van der Waals surface area (Å²) in [5, 5.41) is 0. The zero-order chi connectivity index (χ0) is 12.8. The molecule has 18 heavy (non-hydrogen) atoms. The lowest BCUT2D eigenvalue weighted by Crippen LogP contribution is -2.29. The van der Waals surface area contributed by atoms with E-state index in [-0.39, 0.29) is 5.54 Å². The topological polar surface area (TPSA) is 20.7 Å². The molecule has 1 aromatic heterocycles. The zero-order valence-corrected chi connectivity index (χ0v) is 11.6. The number of nitrogens with zero attached hydrogens (tertiary/aromatic N) is 1. The van der Waals surface area contributed by atoms with Crippen LogP contribution in [0.1, 0.15) is 26.7 Å². The summed E-state index contributed by atoms with van der Waals surface area (Å²) in [7, 11) is 0. The number of rotatable bonds is 3. The molecular weight excluding hydrogens is 240 g/mol. The molecule has 0 radical (unpaired) electrons. The molecule has 3 rings (SSSR count). The average Bonchev–Trinajstić information content (AvgIpc) is 3.14. The van der Waals surface area contributed by atoms with Gasteiger partial charge in [-0.25, -0.2) is 0 Å². The average molecular weight is 258 g/mol. The van der Waals surface area contributed by atoms with Gasteiger partial charge >= 0.3 is 0 Å². The van der Waals surface area contributed by atoms with Crippen molar-refractivity contribution in [1.29, 1.82) is 0 Å². The van der Waals surface area contributed by atoms with E-state index < -0.39 is 0 Å². The maximum Gasteiger partial charge on any atom is 0.178 e. The fraction of sp³-hybridized carbons (Fsp3) is 0.400. The van der Waals surface area contributed by atoms with E-state index in [0.717, 1.165) is 10.7 Å². The Morgan fingerprint density at radius 1 is 1.22 bits per heavy atom. The van der Waals surface area contributed by atoms with Crippen molar-refractivity contribution in [2.45, 2.75) is 32.2 Å². The van der Waals surface area contributed by atoms with Crippen molar-refractivity contribution >= 4 is 12.2 Å². The van der Waals surface area contributed by atoms with E-state index in [4.69, 9.17) is 12.2 Å². The maximum atomic E-state index is 5.48. The molecule has 0 saturated heterocycles. The van der Waals surface area contributed by atoms with E-state index in [2.05, 4.69) is 47.7 Å². The summed E-state index contributed by atoms with van der Waals surface area (Å²) in [6, 6.07) is 10.5. The lowest BCUT2D eigenvalue weighted by molar-refractivity contribution is 0.304. The van der Waals surface area contributed by atoms with Gasteiger partial charge in [0.25, 0.3) is 0 Å². The van der Waals surface area contributed by atoms with Crippen LogP contribution in [0.2, 0.25) is 0 Å². The van der Waals surface area contributed by atoms with Gasteiger partial charge in [-0.2, -0.15) is 0 Å². The van der Waals surface area contributed by atoms with Gasteiger partial charge in [0, 0.05) is 11.7 Å². The molecule has 1 saturated carbocycles. The van der Waals surface area contributed by atoms with Crippen LogP contribution in [-0.4, -0.2) is 9.55 Å². The molecule has 1 heterocycles. The molecule has 2 aromatic rings. The second kappa shape index (κ2) is 4.09. The predicted octanol–water partition coefficient (Wildman–Crippen LogP) is 4.36. The summed E-state index contributed by atoms with van der Waals surface area (Å²) >= 11 is 5.48. The van der Waals surface area contributed by atoms with Crippen LogP contribution in [0.25, 0.3) is 11.3 Å². The van der Waals surface area contributed by atoms with Crippen LogP contribution < -0.4 is 0 Å². The molecule has 2 nitrogen and oxygen atoms in total. The normalized spacial score (nSPS) is 15.9. The van der Waals surface area contributed by atoms with Crippen LogP contribution in [0.4, 0.5) is 0 Å². The van der Waals surface area contributed by atoms with Crippen LogP contribution in [0.3, 0.4) is 0 Å². The maximum absolute atomic E-state index is 5.48. The number of aromatic nitrogens is 2. The molecule has 94 valence electrons. The number of hydrogen-bond acceptors (Lipinski definition) is 1. The summed E-state index contributed by atoms with van der Waals surface area (Å²) in [5.41, 5.74) is 2.51. The fourth-order valence-corrected chi connectivity index (χ4v) is 3.13. The monoisotopic (exact) mass is 258 g/mol. The number of benzene rings is 1. The van der Waals surface area contributed by atoms with Gasteiger partial charge in [0.2, 0.25) is 0 Å². The van der Waals surface area contributed by atoms with Crippen molar-refractivity contribution in [3.8, 4) is 11.3 Å². The molecule has 0 unspecified atom stereocenters. The number of nitrogens with one attached hydrogen (secondary N) is 1. The predicted molar refractivity (Wildman–Crippen MR) is 77.1 cm³/mol. The number of H-pyrrole nitrogens is 1. The highest BCUT2D eigenvalue weighted by molar-refractivity contribution is 7.71. The third-order valence-electron chi connectivity index (χ3n) is 4.00. The number of hydrogen-bond donors (Lipinski definition) is 1. The Morgan fingerprint density at radius 2 is 1.89 bits per heavy atom. The Bertz CT molecular complexity index is 603. The third kappa shape index (κ3) is 1.83. The largest absolute Gasteiger partial charge is 0.337 e. The summed E-state index contributed by atoms with van der Waals surface area (Å²) < 4.78 is 3.11. The van der Waals surface area contributed by atoms with Crippen LogP contribution >= 0.6 is 12.2 Å². The Hall–Kier alpha value is -1.35. The smallest absolute Gasteiger partial charge is 0.178 e. The second-order valence-corrected chi connectivity index (χ2v) is 6.00. The molecule has 0 atom stereocenters. The minimum atomic E-state index is 0.0995. The summed E-state index contributed by atoms with van der Waals surface area (Å²) in [6.07, 6.45) is 4.66. The van der Waals surface area contributed by atoms with Gasteiger partial charge in [0.05, 0.1) is 5.69 Å². The van der Waals surface area contributed by atoms with Crippen LogP contribution in [0.15, 0.2) is 36.5 Å². The standard InChI is InChI=1S/C15H18N2S/c1-15(2,12-8-9-12)17-13(10-16-14(17)18)11-6-4-3-5-7-11/h3-7,10,12H,8-9H2,1-2H3,(H,16,18). The number of imidazole rings is 1. The van der Waals surface area contributed by atoms with E-state index in [9.17, 15) is 0 Å². The van der Waals surface area contributed by atoms with E-state index in [1.165, 1.54) is 24.1 Å². The van der Waals surface area contributed by atoms with Crippen molar-refractivity contribution in [3.05, 3.63) is 41.3 Å². The summed E-state index contributed by atoms with van der Waals surface area (Å²) in [5.74, 6) is 0.752. The molecule has 0 spiro atoms. The van der Waals surface area contributed by atoms with E-state index >= 15 is 0 Å². The van der Waals surface area contributed by atoms with Gasteiger partial charge < -0.3 is 9.55 Å². The highest BCUT2D eigenvalue weighted by atomic mass is 32.1. The molecule has 1 aliphatic rings. The Morgan fingerprint density at radius 3 is 2.50 bits per heavy atom. The minimum absolute atomic E-state index is 0.0995. The van der Waals surface area contributed by atoms with Crippen LogP contribution in [0.5, 0.6) is 0 Å².